The lowest BCUT2D eigenvalue weighted by atomic mass is 10.2. The molecule has 4 heteroatoms. The number of amides is 1. The number of carbonyl (C=O) groups excluding carboxylic acids is 1. The minimum absolute atomic E-state index is 0.0990. The Balaban J connectivity index is 2.13. The van der Waals surface area contributed by atoms with E-state index in [9.17, 15) is 4.79 Å². The molecule has 0 saturated heterocycles. The van der Waals surface area contributed by atoms with Gasteiger partial charge in [0.05, 0.1) is 6.61 Å². The summed E-state index contributed by atoms with van der Waals surface area (Å²) in [5.41, 5.74) is 5.82. The zero-order valence-corrected chi connectivity index (χ0v) is 8.12. The van der Waals surface area contributed by atoms with Crippen LogP contribution in [0.2, 0.25) is 0 Å². The van der Waals surface area contributed by atoms with E-state index in [1.165, 1.54) is 0 Å². The maximum absolute atomic E-state index is 10.8. The third-order valence-electron chi connectivity index (χ3n) is 1.67. The molecule has 1 aromatic carbocycles. The molecule has 0 spiro atoms. The molecule has 0 aliphatic heterocycles. The lowest BCUT2D eigenvalue weighted by Crippen LogP contribution is -2.36. The Kier molecular flexibility index (Phi) is 4.68. The Morgan fingerprint density at radius 2 is 2.07 bits per heavy atom. The Bertz CT molecular complexity index is 275. The molecule has 1 aromatic rings. The van der Waals surface area contributed by atoms with E-state index in [-0.39, 0.29) is 5.91 Å². The molecule has 0 aliphatic rings. The van der Waals surface area contributed by atoms with Crippen molar-refractivity contribution >= 4 is 5.91 Å². The molecule has 4 nitrogen and oxygen atoms in total. The van der Waals surface area contributed by atoms with Crippen molar-refractivity contribution < 1.29 is 9.63 Å². The fraction of sp³-hybridized carbons (Fsp3) is 0.300. The zero-order chi connectivity index (χ0) is 10.2. The molecule has 0 radical (unpaired) electrons. The van der Waals surface area contributed by atoms with E-state index in [1.807, 2.05) is 30.3 Å². The van der Waals surface area contributed by atoms with E-state index in [0.29, 0.717) is 13.0 Å². The van der Waals surface area contributed by atoms with Crippen molar-refractivity contribution in [3.8, 4) is 0 Å². The lowest BCUT2D eigenvalue weighted by molar-refractivity contribution is -0.127. The van der Waals surface area contributed by atoms with Gasteiger partial charge in [-0.25, -0.2) is 0 Å². The van der Waals surface area contributed by atoms with Crippen LogP contribution in [0.4, 0.5) is 0 Å². The predicted molar refractivity (Wildman–Crippen MR) is 52.8 cm³/mol. The summed E-state index contributed by atoms with van der Waals surface area (Å²) >= 11 is 0. The van der Waals surface area contributed by atoms with E-state index in [1.54, 1.807) is 6.92 Å². The smallest absolute Gasteiger partial charge is 0.235 e. The monoisotopic (exact) mass is 194 g/mol. The van der Waals surface area contributed by atoms with E-state index in [4.69, 9.17) is 4.84 Å². The van der Waals surface area contributed by atoms with E-state index >= 15 is 0 Å². The second-order valence-corrected chi connectivity index (χ2v) is 2.78. The number of hydrogen-bond donors (Lipinski definition) is 2. The van der Waals surface area contributed by atoms with Crippen molar-refractivity contribution in [3.05, 3.63) is 35.9 Å². The third-order valence-corrected chi connectivity index (χ3v) is 1.67. The molecule has 0 unspecified atom stereocenters. The Morgan fingerprint density at radius 1 is 1.36 bits per heavy atom. The van der Waals surface area contributed by atoms with Crippen LogP contribution in [0.25, 0.3) is 0 Å². The molecule has 0 saturated carbocycles. The van der Waals surface area contributed by atoms with E-state index < -0.39 is 0 Å². The number of benzene rings is 1. The van der Waals surface area contributed by atoms with Crippen LogP contribution < -0.4 is 11.0 Å². The highest BCUT2D eigenvalue weighted by Crippen LogP contribution is 1.98. The molecule has 1 amide bonds. The van der Waals surface area contributed by atoms with Gasteiger partial charge in [-0.2, -0.15) is 0 Å². The quantitative estimate of drug-likeness (QED) is 0.546. The molecule has 0 bridgehead atoms. The van der Waals surface area contributed by atoms with Crippen LogP contribution >= 0.6 is 0 Å². The van der Waals surface area contributed by atoms with Crippen LogP contribution in [0.5, 0.6) is 0 Å². The number of hydrazine groups is 1. The highest BCUT2D eigenvalue weighted by atomic mass is 16.7. The summed E-state index contributed by atoms with van der Waals surface area (Å²) in [5.74, 6) is -0.0990. The average Bonchev–Trinajstić information content (AvgIpc) is 2.25. The molecule has 1 rings (SSSR count). The molecule has 14 heavy (non-hydrogen) atoms. The minimum atomic E-state index is -0.0990. The molecule has 0 fully saturated rings. The van der Waals surface area contributed by atoms with Gasteiger partial charge in [0.2, 0.25) is 5.91 Å². The molecule has 2 N–H and O–H groups in total. The molecule has 0 aromatic heterocycles. The predicted octanol–water partition coefficient (Wildman–Crippen LogP) is 1.15. The average molecular weight is 194 g/mol. The SMILES string of the molecule is CCC(=O)NNOCc1ccccc1. The Hall–Kier alpha value is -1.39. The summed E-state index contributed by atoms with van der Waals surface area (Å²) < 4.78 is 0. The van der Waals surface area contributed by atoms with E-state index in [2.05, 4.69) is 11.0 Å². The van der Waals surface area contributed by atoms with Crippen molar-refractivity contribution in [3.63, 3.8) is 0 Å². The first-order valence-electron chi connectivity index (χ1n) is 4.52. The summed E-state index contributed by atoms with van der Waals surface area (Å²) in [7, 11) is 0. The first kappa shape index (κ1) is 10.7. The lowest BCUT2D eigenvalue weighted by Gasteiger charge is -2.06. The van der Waals surface area contributed by atoms with Gasteiger partial charge in [-0.05, 0) is 5.56 Å². The van der Waals surface area contributed by atoms with Gasteiger partial charge >= 0.3 is 0 Å². The van der Waals surface area contributed by atoms with Gasteiger partial charge in [-0.1, -0.05) is 37.3 Å². The first-order chi connectivity index (χ1) is 6.83. The van der Waals surface area contributed by atoms with Crippen molar-refractivity contribution in [1.82, 2.24) is 11.0 Å². The molecule has 76 valence electrons. The zero-order valence-electron chi connectivity index (χ0n) is 8.12. The number of rotatable bonds is 5. The molecule has 0 heterocycles. The highest BCUT2D eigenvalue weighted by molar-refractivity contribution is 5.74. The van der Waals surface area contributed by atoms with Crippen LogP contribution in [-0.4, -0.2) is 5.91 Å². The van der Waals surface area contributed by atoms with E-state index in [0.717, 1.165) is 5.56 Å². The van der Waals surface area contributed by atoms with Gasteiger partial charge in [0, 0.05) is 6.42 Å². The van der Waals surface area contributed by atoms with Crippen LogP contribution in [0.1, 0.15) is 18.9 Å². The standard InChI is InChI=1S/C10H14N2O2/c1-2-10(13)11-12-14-8-9-6-4-3-5-7-9/h3-7,12H,2,8H2,1H3,(H,11,13). The maximum Gasteiger partial charge on any atom is 0.235 e. The van der Waals surface area contributed by atoms with Gasteiger partial charge < -0.3 is 0 Å². The van der Waals surface area contributed by atoms with Crippen LogP contribution in [-0.2, 0) is 16.2 Å². The third kappa shape index (κ3) is 4.02. The molecule has 0 atom stereocenters. The second-order valence-electron chi connectivity index (χ2n) is 2.78. The molecular weight excluding hydrogens is 180 g/mol. The van der Waals surface area contributed by atoms with Crippen molar-refractivity contribution in [1.29, 1.82) is 0 Å². The van der Waals surface area contributed by atoms with Crippen molar-refractivity contribution in [2.24, 2.45) is 0 Å². The van der Waals surface area contributed by atoms with Gasteiger partial charge in [0.15, 0.2) is 0 Å². The fourth-order valence-electron chi connectivity index (χ4n) is 0.875. The summed E-state index contributed by atoms with van der Waals surface area (Å²) in [6.07, 6.45) is 0.432. The number of nitrogens with one attached hydrogen (secondary N) is 2. The van der Waals surface area contributed by atoms with Crippen LogP contribution in [0.15, 0.2) is 30.3 Å². The summed E-state index contributed by atoms with van der Waals surface area (Å²) in [6, 6.07) is 9.70. The van der Waals surface area contributed by atoms with Crippen molar-refractivity contribution in [2.45, 2.75) is 20.0 Å². The molecule has 0 aliphatic carbocycles. The largest absolute Gasteiger partial charge is 0.277 e. The summed E-state index contributed by atoms with van der Waals surface area (Å²) in [4.78, 5) is 15.8. The van der Waals surface area contributed by atoms with Gasteiger partial charge in [0.1, 0.15) is 0 Å². The number of hydrogen-bond acceptors (Lipinski definition) is 3. The normalized spacial score (nSPS) is 9.79. The second kappa shape index (κ2) is 6.12. The topological polar surface area (TPSA) is 50.4 Å². The van der Waals surface area contributed by atoms with Crippen LogP contribution in [0.3, 0.4) is 0 Å². The van der Waals surface area contributed by atoms with Gasteiger partial charge in [0.25, 0.3) is 0 Å². The van der Waals surface area contributed by atoms with Gasteiger partial charge in [-0.3, -0.25) is 15.1 Å². The summed E-state index contributed by atoms with van der Waals surface area (Å²) in [6.45, 7) is 2.19. The minimum Gasteiger partial charge on any atom is -0.277 e. The Labute approximate surface area is 83.2 Å². The molecular formula is C10H14N2O2. The highest BCUT2D eigenvalue weighted by Gasteiger charge is 1.94. The number of carbonyl (C=O) groups is 1. The first-order valence-corrected chi connectivity index (χ1v) is 4.52. The summed E-state index contributed by atoms with van der Waals surface area (Å²) in [5, 5.41) is 0. The Morgan fingerprint density at radius 3 is 2.71 bits per heavy atom. The van der Waals surface area contributed by atoms with Crippen molar-refractivity contribution in [2.75, 3.05) is 0 Å². The van der Waals surface area contributed by atoms with Crippen LogP contribution in [0, 0.1) is 0 Å². The van der Waals surface area contributed by atoms with Gasteiger partial charge in [-0.15, -0.1) is 5.59 Å². The fourth-order valence-corrected chi connectivity index (χ4v) is 0.875. The maximum atomic E-state index is 10.8.